The van der Waals surface area contributed by atoms with Crippen molar-refractivity contribution in [3.8, 4) is 11.5 Å². The van der Waals surface area contributed by atoms with Gasteiger partial charge in [0.05, 0.1) is 14.2 Å². The third-order valence-corrected chi connectivity index (χ3v) is 5.15. The summed E-state index contributed by atoms with van der Waals surface area (Å²) in [5, 5.41) is 2.82. The molecule has 1 heterocycles. The largest absolute Gasteiger partial charge is 0.497 e. The lowest BCUT2D eigenvalue weighted by molar-refractivity contribution is -0.127. The van der Waals surface area contributed by atoms with Gasteiger partial charge in [-0.15, -0.1) is 0 Å². The van der Waals surface area contributed by atoms with E-state index < -0.39 is 0 Å². The number of nitrogens with one attached hydrogen (secondary N) is 1. The lowest BCUT2D eigenvalue weighted by Crippen LogP contribution is -2.39. The number of likely N-dealkylation sites (tertiary alicyclic amines) is 1. The molecule has 1 aliphatic rings. The van der Waals surface area contributed by atoms with E-state index in [-0.39, 0.29) is 17.5 Å². The number of nitrogens with zero attached hydrogens (tertiary/aromatic N) is 1. The predicted octanol–water partition coefficient (Wildman–Crippen LogP) is 3.88. The van der Waals surface area contributed by atoms with Crippen LogP contribution in [0.2, 0.25) is 0 Å². The Labute approximate surface area is 177 Å². The number of benzene rings is 2. The molecule has 0 aliphatic carbocycles. The molecule has 1 fully saturated rings. The average Bonchev–Trinajstić information content (AvgIpc) is 3.08. The van der Waals surface area contributed by atoms with E-state index in [1.807, 2.05) is 29.2 Å². The Balaban J connectivity index is 1.85. The van der Waals surface area contributed by atoms with Crippen LogP contribution in [0.25, 0.3) is 6.08 Å². The molecule has 1 saturated heterocycles. The Morgan fingerprint density at radius 2 is 1.37 bits per heavy atom. The Hall–Kier alpha value is -3.28. The summed E-state index contributed by atoms with van der Waals surface area (Å²) in [6, 6.07) is 14.2. The van der Waals surface area contributed by atoms with Gasteiger partial charge in [0.2, 0.25) is 0 Å². The van der Waals surface area contributed by atoms with Gasteiger partial charge in [-0.25, -0.2) is 0 Å². The quantitative estimate of drug-likeness (QED) is 0.737. The molecule has 2 amide bonds. The second-order valence-corrected chi connectivity index (χ2v) is 7.22. The fraction of sp³-hybridized carbons (Fsp3) is 0.333. The van der Waals surface area contributed by atoms with Crippen LogP contribution in [0.5, 0.6) is 11.5 Å². The molecule has 0 bridgehead atoms. The van der Waals surface area contributed by atoms with E-state index in [0.717, 1.165) is 37.0 Å². The molecule has 3 rings (SSSR count). The monoisotopic (exact) mass is 408 g/mol. The number of methoxy groups -OCH3 is 2. The van der Waals surface area contributed by atoms with Crippen molar-refractivity contribution >= 4 is 17.9 Å². The Morgan fingerprint density at radius 1 is 0.833 bits per heavy atom. The smallest absolute Gasteiger partial charge is 0.270 e. The van der Waals surface area contributed by atoms with Crippen molar-refractivity contribution in [2.45, 2.75) is 25.7 Å². The highest BCUT2D eigenvalue weighted by molar-refractivity contribution is 6.05. The summed E-state index contributed by atoms with van der Waals surface area (Å²) in [4.78, 5) is 27.9. The third kappa shape index (κ3) is 5.63. The topological polar surface area (TPSA) is 67.9 Å². The van der Waals surface area contributed by atoms with Gasteiger partial charge in [0.15, 0.2) is 0 Å². The van der Waals surface area contributed by atoms with Gasteiger partial charge in [-0.05, 0) is 60.9 Å². The van der Waals surface area contributed by atoms with E-state index >= 15 is 0 Å². The van der Waals surface area contributed by atoms with Crippen LogP contribution in [0.1, 0.15) is 41.6 Å². The fourth-order valence-corrected chi connectivity index (χ4v) is 3.40. The minimum absolute atomic E-state index is 0.158. The molecule has 2 aromatic rings. The van der Waals surface area contributed by atoms with Crippen LogP contribution >= 0.6 is 0 Å². The number of hydrogen-bond acceptors (Lipinski definition) is 4. The maximum Gasteiger partial charge on any atom is 0.270 e. The van der Waals surface area contributed by atoms with Crippen LogP contribution in [0.3, 0.4) is 0 Å². The van der Waals surface area contributed by atoms with Crippen LogP contribution in [0.4, 0.5) is 0 Å². The van der Waals surface area contributed by atoms with Crippen LogP contribution in [0.15, 0.2) is 54.2 Å². The first-order valence-corrected chi connectivity index (χ1v) is 10.2. The maximum absolute atomic E-state index is 13.2. The molecule has 6 heteroatoms. The second kappa shape index (κ2) is 10.5. The standard InChI is InChI=1S/C24H28N2O4/c1-29-20-11-7-18(8-12-20)17-22(24(28)26-15-5-3-4-6-16-26)25-23(27)19-9-13-21(30-2)14-10-19/h7-14,17H,3-6,15-16H2,1-2H3,(H,25,27)/b22-17+. The van der Waals surface area contributed by atoms with E-state index in [9.17, 15) is 9.59 Å². The van der Waals surface area contributed by atoms with Gasteiger partial charge in [0.1, 0.15) is 17.2 Å². The summed E-state index contributed by atoms with van der Waals surface area (Å²) in [5.41, 5.74) is 1.53. The Morgan fingerprint density at radius 3 is 1.90 bits per heavy atom. The van der Waals surface area contributed by atoms with Gasteiger partial charge < -0.3 is 19.7 Å². The number of carbonyl (C=O) groups excluding carboxylic acids is 2. The molecule has 158 valence electrons. The highest BCUT2D eigenvalue weighted by atomic mass is 16.5. The number of hydrogen-bond donors (Lipinski definition) is 1. The van der Waals surface area contributed by atoms with Crippen molar-refractivity contribution in [2.24, 2.45) is 0 Å². The zero-order valence-corrected chi connectivity index (χ0v) is 17.5. The first-order valence-electron chi connectivity index (χ1n) is 10.2. The molecule has 0 spiro atoms. The first kappa shape index (κ1) is 21.4. The molecule has 0 unspecified atom stereocenters. The highest BCUT2D eigenvalue weighted by Crippen LogP contribution is 2.17. The van der Waals surface area contributed by atoms with E-state index in [4.69, 9.17) is 9.47 Å². The van der Waals surface area contributed by atoms with Gasteiger partial charge in [-0.2, -0.15) is 0 Å². The van der Waals surface area contributed by atoms with Gasteiger partial charge >= 0.3 is 0 Å². The Kier molecular flexibility index (Phi) is 7.49. The van der Waals surface area contributed by atoms with Crippen molar-refractivity contribution in [3.05, 3.63) is 65.4 Å². The minimum atomic E-state index is -0.333. The molecule has 0 saturated carbocycles. The van der Waals surface area contributed by atoms with E-state index in [0.29, 0.717) is 24.4 Å². The molecule has 2 aromatic carbocycles. The molecular formula is C24H28N2O4. The normalized spacial score (nSPS) is 14.6. The van der Waals surface area contributed by atoms with Crippen molar-refractivity contribution in [2.75, 3.05) is 27.3 Å². The zero-order chi connectivity index (χ0) is 21.3. The highest BCUT2D eigenvalue weighted by Gasteiger charge is 2.22. The number of ether oxygens (including phenoxy) is 2. The lowest BCUT2D eigenvalue weighted by Gasteiger charge is -2.22. The zero-order valence-electron chi connectivity index (χ0n) is 17.5. The van der Waals surface area contributed by atoms with Crippen LogP contribution < -0.4 is 14.8 Å². The summed E-state index contributed by atoms with van der Waals surface area (Å²) in [7, 11) is 3.18. The maximum atomic E-state index is 13.2. The fourth-order valence-electron chi connectivity index (χ4n) is 3.40. The number of amides is 2. The molecule has 0 atom stereocenters. The molecular weight excluding hydrogens is 380 g/mol. The van der Waals surface area contributed by atoms with E-state index in [1.165, 1.54) is 0 Å². The number of rotatable bonds is 6. The molecule has 30 heavy (non-hydrogen) atoms. The average molecular weight is 408 g/mol. The van der Waals surface area contributed by atoms with E-state index in [1.54, 1.807) is 44.6 Å². The molecule has 1 N–H and O–H groups in total. The van der Waals surface area contributed by atoms with Crippen molar-refractivity contribution in [3.63, 3.8) is 0 Å². The summed E-state index contributed by atoms with van der Waals surface area (Å²) in [6.07, 6.45) is 5.93. The van der Waals surface area contributed by atoms with Gasteiger partial charge in [0.25, 0.3) is 11.8 Å². The molecule has 6 nitrogen and oxygen atoms in total. The Bertz CT molecular complexity index is 880. The predicted molar refractivity (Wildman–Crippen MR) is 116 cm³/mol. The molecule has 0 aromatic heterocycles. The van der Waals surface area contributed by atoms with Crippen molar-refractivity contribution < 1.29 is 19.1 Å². The lowest BCUT2D eigenvalue weighted by atomic mass is 10.1. The first-order chi connectivity index (χ1) is 14.6. The summed E-state index contributed by atoms with van der Waals surface area (Å²) < 4.78 is 10.3. The van der Waals surface area contributed by atoms with Crippen molar-refractivity contribution in [1.29, 1.82) is 0 Å². The second-order valence-electron chi connectivity index (χ2n) is 7.22. The van der Waals surface area contributed by atoms with Crippen molar-refractivity contribution in [1.82, 2.24) is 10.2 Å². The SMILES string of the molecule is COc1ccc(/C=C(/NC(=O)c2ccc(OC)cc2)C(=O)N2CCCCCC2)cc1. The third-order valence-electron chi connectivity index (χ3n) is 5.15. The summed E-state index contributed by atoms with van der Waals surface area (Å²) >= 11 is 0. The summed E-state index contributed by atoms with van der Waals surface area (Å²) in [6.45, 7) is 1.41. The molecule has 0 radical (unpaired) electrons. The van der Waals surface area contributed by atoms with E-state index in [2.05, 4.69) is 5.32 Å². The molecule has 1 aliphatic heterocycles. The van der Waals surface area contributed by atoms with Crippen LogP contribution in [-0.4, -0.2) is 44.0 Å². The van der Waals surface area contributed by atoms with Gasteiger partial charge in [0, 0.05) is 18.7 Å². The van der Waals surface area contributed by atoms with Crippen LogP contribution in [0, 0.1) is 0 Å². The van der Waals surface area contributed by atoms with Crippen LogP contribution in [-0.2, 0) is 4.79 Å². The minimum Gasteiger partial charge on any atom is -0.497 e. The number of carbonyl (C=O) groups is 2. The summed E-state index contributed by atoms with van der Waals surface area (Å²) in [5.74, 6) is 0.908. The van der Waals surface area contributed by atoms with Gasteiger partial charge in [-0.3, -0.25) is 9.59 Å². The van der Waals surface area contributed by atoms with Gasteiger partial charge in [-0.1, -0.05) is 25.0 Å².